The normalized spacial score (nSPS) is 11.6. The van der Waals surface area contributed by atoms with Gasteiger partial charge >= 0.3 is 0 Å². The number of hydrogen-bond acceptors (Lipinski definition) is 5. The fourth-order valence-corrected chi connectivity index (χ4v) is 2.10. The van der Waals surface area contributed by atoms with E-state index in [1.165, 1.54) is 6.08 Å². The molecule has 0 bridgehead atoms. The SMILES string of the molecule is C=CC(=O)Nc1cccc(C(=O)N(C)CC(C)c2nn[nH]n2)c1. The number of tetrazole rings is 1. The highest BCUT2D eigenvalue weighted by molar-refractivity contribution is 6.00. The number of aromatic nitrogens is 4. The molecule has 0 aliphatic carbocycles. The zero-order valence-electron chi connectivity index (χ0n) is 13.0. The molecule has 0 saturated carbocycles. The molecular weight excluding hydrogens is 296 g/mol. The molecule has 23 heavy (non-hydrogen) atoms. The summed E-state index contributed by atoms with van der Waals surface area (Å²) in [6.45, 7) is 5.75. The van der Waals surface area contributed by atoms with Crippen LogP contribution in [0.5, 0.6) is 0 Å². The third-order valence-corrected chi connectivity index (χ3v) is 3.26. The van der Waals surface area contributed by atoms with Crippen molar-refractivity contribution in [2.24, 2.45) is 0 Å². The number of H-pyrrole nitrogens is 1. The molecule has 1 aromatic carbocycles. The van der Waals surface area contributed by atoms with Crippen LogP contribution in [0.4, 0.5) is 5.69 Å². The van der Waals surface area contributed by atoms with Gasteiger partial charge in [-0.2, -0.15) is 5.21 Å². The summed E-state index contributed by atoms with van der Waals surface area (Å²) in [4.78, 5) is 25.4. The number of carbonyl (C=O) groups is 2. The molecule has 0 aliphatic rings. The fraction of sp³-hybridized carbons (Fsp3) is 0.267. The topological polar surface area (TPSA) is 104 Å². The lowest BCUT2D eigenvalue weighted by Gasteiger charge is -2.20. The van der Waals surface area contributed by atoms with Crippen molar-refractivity contribution < 1.29 is 9.59 Å². The number of hydrogen-bond donors (Lipinski definition) is 2. The highest BCUT2D eigenvalue weighted by Crippen LogP contribution is 2.15. The van der Waals surface area contributed by atoms with Crippen LogP contribution in [0.15, 0.2) is 36.9 Å². The first kappa shape index (κ1) is 16.3. The van der Waals surface area contributed by atoms with Crippen LogP contribution in [0.1, 0.15) is 29.0 Å². The van der Waals surface area contributed by atoms with E-state index in [1.807, 2.05) is 6.92 Å². The van der Waals surface area contributed by atoms with Gasteiger partial charge in [0.15, 0.2) is 5.82 Å². The van der Waals surface area contributed by atoms with Crippen molar-refractivity contribution in [3.05, 3.63) is 48.3 Å². The number of likely N-dealkylation sites (N-methyl/N-ethyl adjacent to an activating group) is 1. The summed E-state index contributed by atoms with van der Waals surface area (Å²) in [5.74, 6) is 0.0201. The number of rotatable bonds is 6. The molecule has 0 spiro atoms. The van der Waals surface area contributed by atoms with E-state index in [0.29, 0.717) is 23.6 Å². The Bertz CT molecular complexity index is 698. The Balaban J connectivity index is 2.05. The van der Waals surface area contributed by atoms with Crippen molar-refractivity contribution in [2.75, 3.05) is 18.9 Å². The summed E-state index contributed by atoms with van der Waals surface area (Å²) in [7, 11) is 1.70. The molecule has 0 fully saturated rings. The molecule has 1 aromatic heterocycles. The van der Waals surface area contributed by atoms with Crippen LogP contribution in [-0.2, 0) is 4.79 Å². The Morgan fingerprint density at radius 3 is 2.91 bits per heavy atom. The van der Waals surface area contributed by atoms with Gasteiger partial charge in [0.25, 0.3) is 5.91 Å². The van der Waals surface area contributed by atoms with E-state index >= 15 is 0 Å². The lowest BCUT2D eigenvalue weighted by atomic mass is 10.1. The van der Waals surface area contributed by atoms with Crippen LogP contribution in [0.25, 0.3) is 0 Å². The minimum atomic E-state index is -0.325. The first-order valence-corrected chi connectivity index (χ1v) is 7.03. The van der Waals surface area contributed by atoms with Gasteiger partial charge in [0, 0.05) is 30.8 Å². The Morgan fingerprint density at radius 2 is 2.26 bits per heavy atom. The average molecular weight is 314 g/mol. The zero-order chi connectivity index (χ0) is 16.8. The molecule has 1 unspecified atom stereocenters. The minimum absolute atomic E-state index is 0.0497. The van der Waals surface area contributed by atoms with Crippen molar-refractivity contribution in [1.82, 2.24) is 25.5 Å². The van der Waals surface area contributed by atoms with E-state index in [-0.39, 0.29) is 17.7 Å². The van der Waals surface area contributed by atoms with Gasteiger partial charge in [-0.25, -0.2) is 0 Å². The minimum Gasteiger partial charge on any atom is -0.341 e. The summed E-state index contributed by atoms with van der Waals surface area (Å²) in [5.41, 5.74) is 1.02. The van der Waals surface area contributed by atoms with Crippen LogP contribution in [0.3, 0.4) is 0 Å². The molecule has 120 valence electrons. The number of nitrogens with zero attached hydrogens (tertiary/aromatic N) is 4. The van der Waals surface area contributed by atoms with Gasteiger partial charge in [0.2, 0.25) is 5.91 Å². The highest BCUT2D eigenvalue weighted by atomic mass is 16.2. The quantitative estimate of drug-likeness (QED) is 0.780. The molecule has 1 heterocycles. The standard InChI is InChI=1S/C15H18N6O2/c1-4-13(22)16-12-7-5-6-11(8-12)15(23)21(3)9-10(2)14-17-19-20-18-14/h4-8,10H,1,9H2,2-3H3,(H,16,22)(H,17,18,19,20). The smallest absolute Gasteiger partial charge is 0.253 e. The summed E-state index contributed by atoms with van der Waals surface area (Å²) >= 11 is 0. The monoisotopic (exact) mass is 314 g/mol. The number of anilines is 1. The maximum absolute atomic E-state index is 12.5. The predicted octanol–water partition coefficient (Wildman–Crippen LogP) is 1.20. The summed E-state index contributed by atoms with van der Waals surface area (Å²) in [5, 5.41) is 16.4. The van der Waals surface area contributed by atoms with Crippen molar-refractivity contribution in [3.63, 3.8) is 0 Å². The van der Waals surface area contributed by atoms with E-state index in [0.717, 1.165) is 0 Å². The number of benzene rings is 1. The molecule has 2 rings (SSSR count). The first-order valence-electron chi connectivity index (χ1n) is 7.03. The maximum Gasteiger partial charge on any atom is 0.253 e. The number of carbonyl (C=O) groups excluding carboxylic acids is 2. The van der Waals surface area contributed by atoms with Crippen molar-refractivity contribution in [3.8, 4) is 0 Å². The largest absolute Gasteiger partial charge is 0.341 e. The molecule has 2 N–H and O–H groups in total. The van der Waals surface area contributed by atoms with E-state index in [9.17, 15) is 9.59 Å². The molecule has 0 saturated heterocycles. The van der Waals surface area contributed by atoms with Gasteiger partial charge in [-0.15, -0.1) is 10.2 Å². The Labute approximate surface area is 133 Å². The van der Waals surface area contributed by atoms with E-state index in [2.05, 4.69) is 32.5 Å². The maximum atomic E-state index is 12.5. The fourth-order valence-electron chi connectivity index (χ4n) is 2.10. The van der Waals surface area contributed by atoms with Crippen LogP contribution in [0, 0.1) is 0 Å². The van der Waals surface area contributed by atoms with Crippen LogP contribution < -0.4 is 5.32 Å². The van der Waals surface area contributed by atoms with Crippen molar-refractivity contribution >= 4 is 17.5 Å². The lowest BCUT2D eigenvalue weighted by molar-refractivity contribution is -0.111. The number of amides is 2. The molecule has 1 atom stereocenters. The Hall–Kier alpha value is -3.03. The Morgan fingerprint density at radius 1 is 1.48 bits per heavy atom. The van der Waals surface area contributed by atoms with E-state index in [4.69, 9.17) is 0 Å². The van der Waals surface area contributed by atoms with Gasteiger partial charge in [-0.3, -0.25) is 9.59 Å². The molecule has 8 nitrogen and oxygen atoms in total. The molecular formula is C15H18N6O2. The molecule has 0 radical (unpaired) electrons. The van der Waals surface area contributed by atoms with Gasteiger partial charge in [-0.1, -0.05) is 24.8 Å². The average Bonchev–Trinajstić information content (AvgIpc) is 3.08. The molecule has 0 aliphatic heterocycles. The van der Waals surface area contributed by atoms with Gasteiger partial charge in [-0.05, 0) is 24.3 Å². The Kier molecular flexibility index (Phi) is 5.19. The summed E-state index contributed by atoms with van der Waals surface area (Å²) in [6.07, 6.45) is 1.17. The molecule has 8 heteroatoms. The molecule has 2 aromatic rings. The second-order valence-electron chi connectivity index (χ2n) is 5.13. The van der Waals surface area contributed by atoms with E-state index in [1.54, 1.807) is 36.2 Å². The van der Waals surface area contributed by atoms with Gasteiger partial charge < -0.3 is 10.2 Å². The van der Waals surface area contributed by atoms with Crippen molar-refractivity contribution in [1.29, 1.82) is 0 Å². The zero-order valence-corrected chi connectivity index (χ0v) is 13.0. The first-order chi connectivity index (χ1) is 11.0. The van der Waals surface area contributed by atoms with E-state index < -0.39 is 0 Å². The second-order valence-corrected chi connectivity index (χ2v) is 5.13. The summed E-state index contributed by atoms with van der Waals surface area (Å²) in [6, 6.07) is 6.74. The van der Waals surface area contributed by atoms with Gasteiger partial charge in [0.05, 0.1) is 0 Å². The van der Waals surface area contributed by atoms with Crippen LogP contribution in [0.2, 0.25) is 0 Å². The number of aromatic amines is 1. The highest BCUT2D eigenvalue weighted by Gasteiger charge is 2.18. The third-order valence-electron chi connectivity index (χ3n) is 3.26. The predicted molar refractivity (Wildman–Crippen MR) is 84.8 cm³/mol. The van der Waals surface area contributed by atoms with Crippen LogP contribution in [-0.4, -0.2) is 50.9 Å². The number of nitrogens with one attached hydrogen (secondary N) is 2. The third kappa shape index (κ3) is 4.22. The van der Waals surface area contributed by atoms with Gasteiger partial charge in [0.1, 0.15) is 0 Å². The second kappa shape index (κ2) is 7.30. The molecule has 2 amide bonds. The summed E-state index contributed by atoms with van der Waals surface area (Å²) < 4.78 is 0. The van der Waals surface area contributed by atoms with Crippen LogP contribution >= 0.6 is 0 Å². The lowest BCUT2D eigenvalue weighted by Crippen LogP contribution is -2.30. The van der Waals surface area contributed by atoms with Crippen molar-refractivity contribution in [2.45, 2.75) is 12.8 Å².